The molecule has 1 aliphatic carbocycles. The van der Waals surface area contributed by atoms with Crippen LogP contribution in [0.1, 0.15) is 29.9 Å². The Morgan fingerprint density at radius 2 is 2.10 bits per heavy atom. The molecule has 3 rings (SSSR count). The van der Waals surface area contributed by atoms with E-state index in [1.807, 2.05) is 50.4 Å². The van der Waals surface area contributed by atoms with Crippen LogP contribution in [0, 0.1) is 6.92 Å². The molecule has 1 fully saturated rings. The quantitative estimate of drug-likeness (QED) is 0.857. The summed E-state index contributed by atoms with van der Waals surface area (Å²) in [7, 11) is 1.82. The number of benzene rings is 1. The van der Waals surface area contributed by atoms with E-state index < -0.39 is 0 Å². The zero-order valence-corrected chi connectivity index (χ0v) is 13.0. The zero-order valence-electron chi connectivity index (χ0n) is 12.2. The van der Waals surface area contributed by atoms with Crippen LogP contribution in [-0.4, -0.2) is 17.9 Å². The number of rotatable bonds is 4. The number of nitrogens with zero attached hydrogens (tertiary/aromatic N) is 1. The Morgan fingerprint density at radius 3 is 2.67 bits per heavy atom. The van der Waals surface area contributed by atoms with Crippen molar-refractivity contribution in [2.24, 2.45) is 0 Å². The van der Waals surface area contributed by atoms with Gasteiger partial charge in [0.2, 0.25) is 5.91 Å². The molecule has 0 N–H and O–H groups in total. The van der Waals surface area contributed by atoms with Crippen LogP contribution in [0.15, 0.2) is 40.8 Å². The van der Waals surface area contributed by atoms with E-state index in [4.69, 9.17) is 16.0 Å². The maximum absolute atomic E-state index is 12.8. The van der Waals surface area contributed by atoms with Crippen LogP contribution in [0.2, 0.25) is 5.02 Å². The second-order valence-electron chi connectivity index (χ2n) is 5.77. The molecule has 1 aromatic heterocycles. The zero-order chi connectivity index (χ0) is 15.0. The van der Waals surface area contributed by atoms with Crippen molar-refractivity contribution in [3.63, 3.8) is 0 Å². The van der Waals surface area contributed by atoms with Gasteiger partial charge in [-0.25, -0.2) is 0 Å². The second kappa shape index (κ2) is 5.23. The number of carbonyl (C=O) groups excluding carboxylic acids is 1. The van der Waals surface area contributed by atoms with Crippen LogP contribution in [0.5, 0.6) is 0 Å². The van der Waals surface area contributed by atoms with E-state index in [9.17, 15) is 4.79 Å². The molecule has 110 valence electrons. The normalized spacial score (nSPS) is 15.8. The Labute approximate surface area is 129 Å². The molecule has 1 amide bonds. The van der Waals surface area contributed by atoms with Gasteiger partial charge >= 0.3 is 0 Å². The number of hydrogen-bond donors (Lipinski definition) is 0. The molecule has 1 heterocycles. The maximum Gasteiger partial charge on any atom is 0.233 e. The SMILES string of the molecule is Cc1ccc(CN(C)C(=O)C2(c3cccc(Cl)c3)CC2)o1. The lowest BCUT2D eigenvalue weighted by Gasteiger charge is -2.23. The van der Waals surface area contributed by atoms with Crippen LogP contribution in [0.4, 0.5) is 0 Å². The molecule has 0 unspecified atom stereocenters. The first-order valence-electron chi connectivity index (χ1n) is 7.08. The molecule has 0 spiro atoms. The maximum atomic E-state index is 12.8. The van der Waals surface area contributed by atoms with Gasteiger partial charge in [0, 0.05) is 12.1 Å². The minimum Gasteiger partial charge on any atom is -0.464 e. The first-order valence-corrected chi connectivity index (χ1v) is 7.46. The smallest absolute Gasteiger partial charge is 0.233 e. The van der Waals surface area contributed by atoms with E-state index in [2.05, 4.69) is 0 Å². The molecule has 0 aliphatic heterocycles. The van der Waals surface area contributed by atoms with E-state index in [-0.39, 0.29) is 11.3 Å². The van der Waals surface area contributed by atoms with E-state index in [1.165, 1.54) is 0 Å². The fourth-order valence-electron chi connectivity index (χ4n) is 2.78. The summed E-state index contributed by atoms with van der Waals surface area (Å²) in [5.41, 5.74) is 0.629. The Bertz CT molecular complexity index is 673. The third-order valence-corrected chi connectivity index (χ3v) is 4.31. The highest BCUT2D eigenvalue weighted by atomic mass is 35.5. The Hall–Kier alpha value is -1.74. The minimum atomic E-state index is -0.388. The van der Waals surface area contributed by atoms with E-state index in [0.717, 1.165) is 29.9 Å². The molecule has 4 heteroatoms. The molecule has 1 saturated carbocycles. The number of amides is 1. The highest BCUT2D eigenvalue weighted by molar-refractivity contribution is 6.30. The van der Waals surface area contributed by atoms with Crippen LogP contribution in [-0.2, 0) is 16.8 Å². The fourth-order valence-corrected chi connectivity index (χ4v) is 2.97. The van der Waals surface area contributed by atoms with Crippen LogP contribution in [0.25, 0.3) is 0 Å². The first kappa shape index (κ1) is 14.2. The molecule has 1 aromatic carbocycles. The van der Waals surface area contributed by atoms with E-state index >= 15 is 0 Å². The van der Waals surface area contributed by atoms with Gasteiger partial charge < -0.3 is 9.32 Å². The van der Waals surface area contributed by atoms with Gasteiger partial charge in [0.05, 0.1) is 12.0 Å². The third kappa shape index (κ3) is 2.70. The molecule has 3 nitrogen and oxygen atoms in total. The van der Waals surface area contributed by atoms with Gasteiger partial charge in [0.25, 0.3) is 0 Å². The van der Waals surface area contributed by atoms with Crippen LogP contribution < -0.4 is 0 Å². The average molecular weight is 304 g/mol. The summed E-state index contributed by atoms with van der Waals surface area (Å²) in [4.78, 5) is 14.5. The highest BCUT2D eigenvalue weighted by Crippen LogP contribution is 2.50. The molecular weight excluding hydrogens is 286 g/mol. The first-order chi connectivity index (χ1) is 10.0. The van der Waals surface area contributed by atoms with Crippen LogP contribution >= 0.6 is 11.6 Å². The summed E-state index contributed by atoms with van der Waals surface area (Å²) < 4.78 is 5.55. The van der Waals surface area contributed by atoms with Crippen molar-refractivity contribution in [1.82, 2.24) is 4.90 Å². The lowest BCUT2D eigenvalue weighted by molar-refractivity contribution is -0.133. The Morgan fingerprint density at radius 1 is 1.33 bits per heavy atom. The predicted octanol–water partition coefficient (Wildman–Crippen LogP) is 3.93. The lowest BCUT2D eigenvalue weighted by atomic mass is 9.94. The number of aryl methyl sites for hydroxylation is 1. The number of likely N-dealkylation sites (N-methyl/N-ethyl adjacent to an activating group) is 1. The van der Waals surface area contributed by atoms with Gasteiger partial charge in [-0.1, -0.05) is 23.7 Å². The van der Waals surface area contributed by atoms with Crippen molar-refractivity contribution >= 4 is 17.5 Å². The number of carbonyl (C=O) groups is 1. The number of furan rings is 1. The van der Waals surface area contributed by atoms with Crippen molar-refractivity contribution in [3.8, 4) is 0 Å². The number of halogens is 1. The van der Waals surface area contributed by atoms with Crippen molar-refractivity contribution in [3.05, 3.63) is 58.5 Å². The average Bonchev–Trinajstić information content (AvgIpc) is 3.17. The summed E-state index contributed by atoms with van der Waals surface area (Å²) in [6.45, 7) is 2.40. The predicted molar refractivity (Wildman–Crippen MR) is 82.3 cm³/mol. The van der Waals surface area contributed by atoms with E-state index in [0.29, 0.717) is 11.6 Å². The summed E-state index contributed by atoms with van der Waals surface area (Å²) in [6.07, 6.45) is 1.77. The second-order valence-corrected chi connectivity index (χ2v) is 6.20. The molecule has 21 heavy (non-hydrogen) atoms. The molecule has 0 bridgehead atoms. The third-order valence-electron chi connectivity index (χ3n) is 4.07. The Balaban J connectivity index is 1.78. The lowest BCUT2D eigenvalue weighted by Crippen LogP contribution is -2.36. The van der Waals surface area contributed by atoms with Crippen molar-refractivity contribution in [1.29, 1.82) is 0 Å². The molecule has 1 aliphatic rings. The standard InChI is InChI=1S/C17H18ClNO2/c1-12-6-7-15(21-12)11-19(2)16(20)17(8-9-17)13-4-3-5-14(18)10-13/h3-7,10H,8-9,11H2,1-2H3. The van der Waals surface area contributed by atoms with Crippen molar-refractivity contribution < 1.29 is 9.21 Å². The van der Waals surface area contributed by atoms with Gasteiger partial charge in [-0.05, 0) is 49.6 Å². The van der Waals surface area contributed by atoms with Crippen molar-refractivity contribution in [2.75, 3.05) is 7.05 Å². The van der Waals surface area contributed by atoms with Gasteiger partial charge in [0.1, 0.15) is 11.5 Å². The van der Waals surface area contributed by atoms with Gasteiger partial charge in [0.15, 0.2) is 0 Å². The minimum absolute atomic E-state index is 0.138. The van der Waals surface area contributed by atoms with Gasteiger partial charge in [-0.3, -0.25) is 4.79 Å². The van der Waals surface area contributed by atoms with E-state index in [1.54, 1.807) is 4.90 Å². The van der Waals surface area contributed by atoms with Gasteiger partial charge in [-0.2, -0.15) is 0 Å². The van der Waals surface area contributed by atoms with Crippen molar-refractivity contribution in [2.45, 2.75) is 31.7 Å². The molecule has 0 saturated heterocycles. The molecule has 0 atom stereocenters. The number of hydrogen-bond acceptors (Lipinski definition) is 2. The topological polar surface area (TPSA) is 33.5 Å². The van der Waals surface area contributed by atoms with Crippen LogP contribution in [0.3, 0.4) is 0 Å². The van der Waals surface area contributed by atoms with Gasteiger partial charge in [-0.15, -0.1) is 0 Å². The molecular formula is C17H18ClNO2. The molecule has 0 radical (unpaired) electrons. The highest BCUT2D eigenvalue weighted by Gasteiger charge is 2.52. The summed E-state index contributed by atoms with van der Waals surface area (Å²) in [5.74, 6) is 1.81. The summed E-state index contributed by atoms with van der Waals surface area (Å²) in [6, 6.07) is 11.5. The fraction of sp³-hybridized carbons (Fsp3) is 0.353. The Kier molecular flexibility index (Phi) is 3.54. The summed E-state index contributed by atoms with van der Waals surface area (Å²) in [5, 5.41) is 0.677. The monoisotopic (exact) mass is 303 g/mol. The largest absolute Gasteiger partial charge is 0.464 e. The molecule has 2 aromatic rings. The summed E-state index contributed by atoms with van der Waals surface area (Å²) >= 11 is 6.06.